The van der Waals surface area contributed by atoms with Crippen LogP contribution < -0.4 is 15.1 Å². The van der Waals surface area contributed by atoms with E-state index in [4.69, 9.17) is 14.1 Å². The van der Waals surface area contributed by atoms with Crippen LogP contribution in [0.2, 0.25) is 0 Å². The number of methoxy groups -OCH3 is 1. The lowest BCUT2D eigenvalue weighted by atomic mass is 9.83. The highest BCUT2D eigenvalue weighted by molar-refractivity contribution is 5.70. The number of nitriles is 1. The number of rotatable bonds is 5. The predicted molar refractivity (Wildman–Crippen MR) is 131 cm³/mol. The average molecular weight is 457 g/mol. The second-order valence-corrected chi connectivity index (χ2v) is 9.30. The highest BCUT2D eigenvalue weighted by Crippen LogP contribution is 2.38. The molecule has 8 nitrogen and oxygen atoms in total. The van der Waals surface area contributed by atoms with E-state index < -0.39 is 0 Å². The number of nitrogens with one attached hydrogen (secondary N) is 1. The molecule has 0 radical (unpaired) electrons. The van der Waals surface area contributed by atoms with E-state index in [-0.39, 0.29) is 5.41 Å². The molecular formula is C26H28N6O2. The van der Waals surface area contributed by atoms with Gasteiger partial charge in [-0.25, -0.2) is 9.97 Å². The molecular weight excluding hydrogens is 428 g/mol. The van der Waals surface area contributed by atoms with E-state index in [0.717, 1.165) is 45.3 Å². The SMILES string of the molecule is COc1cc(-c2oc(C)nc2C)ccc1NN1C=Cc2cc(C)nc(N3CC(C)(C#N)C3)c2C1. The van der Waals surface area contributed by atoms with Gasteiger partial charge in [0.25, 0.3) is 0 Å². The molecule has 34 heavy (non-hydrogen) atoms. The van der Waals surface area contributed by atoms with Crippen molar-refractivity contribution in [3.63, 3.8) is 0 Å². The summed E-state index contributed by atoms with van der Waals surface area (Å²) in [5.41, 5.74) is 9.04. The van der Waals surface area contributed by atoms with Crippen LogP contribution >= 0.6 is 0 Å². The Balaban J connectivity index is 1.39. The minimum Gasteiger partial charge on any atom is -0.494 e. The van der Waals surface area contributed by atoms with Crippen LogP contribution in [-0.2, 0) is 6.54 Å². The maximum Gasteiger partial charge on any atom is 0.192 e. The van der Waals surface area contributed by atoms with Crippen LogP contribution in [0.4, 0.5) is 11.5 Å². The van der Waals surface area contributed by atoms with E-state index in [2.05, 4.69) is 33.5 Å². The summed E-state index contributed by atoms with van der Waals surface area (Å²) in [5.74, 6) is 3.05. The summed E-state index contributed by atoms with van der Waals surface area (Å²) < 4.78 is 11.5. The molecule has 0 atom stereocenters. The fourth-order valence-electron chi connectivity index (χ4n) is 4.65. The first-order chi connectivity index (χ1) is 16.3. The number of hydrazine groups is 1. The van der Waals surface area contributed by atoms with E-state index in [1.807, 2.05) is 57.1 Å². The number of hydrogen-bond acceptors (Lipinski definition) is 8. The standard InChI is InChI=1S/C26H28N6O2/c1-16-10-19-8-9-32(12-21(19)25(28-16)31-14-26(4,13-27)15-31)30-22-7-6-20(11-23(22)33-5)24-17(2)29-18(3)34-24/h6-11,30H,12,14-15H2,1-5H3. The summed E-state index contributed by atoms with van der Waals surface area (Å²) >= 11 is 0. The molecule has 1 aromatic carbocycles. The molecule has 0 saturated carbocycles. The Kier molecular flexibility index (Phi) is 5.20. The molecule has 2 aliphatic rings. The minimum atomic E-state index is -0.309. The Morgan fingerprint density at radius 1 is 1.18 bits per heavy atom. The summed E-state index contributed by atoms with van der Waals surface area (Å²) in [6, 6.07) is 10.5. The molecule has 1 N–H and O–H groups in total. The average Bonchev–Trinajstić information content (AvgIpc) is 3.14. The number of nitrogens with zero attached hydrogens (tertiary/aromatic N) is 5. The van der Waals surface area contributed by atoms with Gasteiger partial charge in [0.05, 0.1) is 36.5 Å². The number of aromatic nitrogens is 2. The minimum absolute atomic E-state index is 0.309. The smallest absolute Gasteiger partial charge is 0.192 e. The normalized spacial score (nSPS) is 16.0. The molecule has 4 heterocycles. The zero-order chi connectivity index (χ0) is 24.0. The Labute approximate surface area is 199 Å². The van der Waals surface area contributed by atoms with Crippen molar-refractivity contribution in [3.8, 4) is 23.1 Å². The van der Waals surface area contributed by atoms with Gasteiger partial charge in [0.1, 0.15) is 11.6 Å². The Morgan fingerprint density at radius 2 is 1.97 bits per heavy atom. The summed E-state index contributed by atoms with van der Waals surface area (Å²) in [5, 5.41) is 11.4. The van der Waals surface area contributed by atoms with E-state index >= 15 is 0 Å². The summed E-state index contributed by atoms with van der Waals surface area (Å²) in [4.78, 5) is 11.4. The van der Waals surface area contributed by atoms with Crippen molar-refractivity contribution < 1.29 is 9.15 Å². The quantitative estimate of drug-likeness (QED) is 0.584. The van der Waals surface area contributed by atoms with Crippen molar-refractivity contribution in [1.82, 2.24) is 15.0 Å². The first-order valence-corrected chi connectivity index (χ1v) is 11.3. The number of hydrogen-bond donors (Lipinski definition) is 1. The van der Waals surface area contributed by atoms with Gasteiger partial charge in [-0.15, -0.1) is 0 Å². The predicted octanol–water partition coefficient (Wildman–Crippen LogP) is 4.83. The van der Waals surface area contributed by atoms with Crippen molar-refractivity contribution >= 4 is 17.6 Å². The molecule has 0 amide bonds. The Bertz CT molecular complexity index is 1330. The van der Waals surface area contributed by atoms with Gasteiger partial charge < -0.3 is 14.1 Å². The van der Waals surface area contributed by atoms with Crippen LogP contribution in [0, 0.1) is 37.5 Å². The van der Waals surface area contributed by atoms with Crippen molar-refractivity contribution in [2.24, 2.45) is 5.41 Å². The van der Waals surface area contributed by atoms with Gasteiger partial charge in [0.15, 0.2) is 11.7 Å². The molecule has 5 rings (SSSR count). The van der Waals surface area contributed by atoms with Gasteiger partial charge >= 0.3 is 0 Å². The third-order valence-electron chi connectivity index (χ3n) is 6.31. The van der Waals surface area contributed by atoms with Crippen LogP contribution in [0.1, 0.15) is 35.3 Å². The number of oxazole rings is 1. The lowest BCUT2D eigenvalue weighted by Crippen LogP contribution is -2.55. The molecule has 3 aromatic rings. The largest absolute Gasteiger partial charge is 0.494 e. The molecule has 1 fully saturated rings. The maximum atomic E-state index is 9.42. The van der Waals surface area contributed by atoms with E-state index in [0.29, 0.717) is 31.3 Å². The van der Waals surface area contributed by atoms with Gasteiger partial charge in [-0.3, -0.25) is 10.4 Å². The fraction of sp³-hybridized carbons (Fsp3) is 0.346. The Hall–Kier alpha value is -3.99. The molecule has 0 bridgehead atoms. The van der Waals surface area contributed by atoms with Gasteiger partial charge in [0.2, 0.25) is 0 Å². The topological polar surface area (TPSA) is 90.5 Å². The zero-order valence-corrected chi connectivity index (χ0v) is 20.1. The zero-order valence-electron chi connectivity index (χ0n) is 20.1. The lowest BCUT2D eigenvalue weighted by Gasteiger charge is -2.45. The molecule has 174 valence electrons. The third kappa shape index (κ3) is 3.83. The number of fused-ring (bicyclic) bond motifs is 1. The van der Waals surface area contributed by atoms with E-state index in [1.165, 1.54) is 0 Å². The van der Waals surface area contributed by atoms with Gasteiger partial charge in [0, 0.05) is 43.0 Å². The van der Waals surface area contributed by atoms with E-state index in [9.17, 15) is 5.26 Å². The Morgan fingerprint density at radius 3 is 2.65 bits per heavy atom. The second-order valence-electron chi connectivity index (χ2n) is 9.30. The van der Waals surface area contributed by atoms with Gasteiger partial charge in [-0.05, 0) is 56.7 Å². The van der Waals surface area contributed by atoms with Crippen LogP contribution in [0.25, 0.3) is 17.4 Å². The number of ether oxygens (including phenoxy) is 1. The maximum absolute atomic E-state index is 9.42. The van der Waals surface area contributed by atoms with Gasteiger partial charge in [-0.2, -0.15) is 5.26 Å². The molecule has 0 aliphatic carbocycles. The lowest BCUT2D eigenvalue weighted by molar-refractivity contribution is 0.331. The van der Waals surface area contributed by atoms with Crippen molar-refractivity contribution in [1.29, 1.82) is 5.26 Å². The highest BCUT2D eigenvalue weighted by atomic mass is 16.5. The van der Waals surface area contributed by atoms with E-state index in [1.54, 1.807) is 7.11 Å². The monoisotopic (exact) mass is 456 g/mol. The molecule has 2 aliphatic heterocycles. The van der Waals surface area contributed by atoms with Crippen LogP contribution in [0.5, 0.6) is 5.75 Å². The molecule has 0 spiro atoms. The number of anilines is 2. The molecule has 1 saturated heterocycles. The molecule has 8 heteroatoms. The van der Waals surface area contributed by atoms with Crippen molar-refractivity contribution in [2.45, 2.75) is 34.2 Å². The first-order valence-electron chi connectivity index (χ1n) is 11.3. The number of pyridine rings is 1. The highest BCUT2D eigenvalue weighted by Gasteiger charge is 2.41. The van der Waals surface area contributed by atoms with Gasteiger partial charge in [-0.1, -0.05) is 0 Å². The van der Waals surface area contributed by atoms with Crippen LogP contribution in [-0.4, -0.2) is 35.2 Å². The van der Waals surface area contributed by atoms with Crippen molar-refractivity contribution in [2.75, 3.05) is 30.5 Å². The molecule has 2 aromatic heterocycles. The first kappa shape index (κ1) is 21.8. The summed E-state index contributed by atoms with van der Waals surface area (Å²) in [6.45, 7) is 9.81. The van der Waals surface area contributed by atoms with Crippen molar-refractivity contribution in [3.05, 3.63) is 58.9 Å². The van der Waals surface area contributed by atoms with Crippen LogP contribution in [0.15, 0.2) is 34.9 Å². The fourth-order valence-corrected chi connectivity index (χ4v) is 4.65. The number of aryl methyl sites for hydroxylation is 3. The third-order valence-corrected chi connectivity index (χ3v) is 6.31. The van der Waals surface area contributed by atoms with Crippen LogP contribution in [0.3, 0.4) is 0 Å². The molecule has 0 unspecified atom stereocenters. The number of benzene rings is 1. The summed E-state index contributed by atoms with van der Waals surface area (Å²) in [7, 11) is 1.66. The second kappa shape index (κ2) is 8.10. The summed E-state index contributed by atoms with van der Waals surface area (Å²) in [6.07, 6.45) is 4.12.